The van der Waals surface area contributed by atoms with Gasteiger partial charge in [-0.05, 0) is 6.42 Å². The molecule has 0 aromatic carbocycles. The van der Waals surface area contributed by atoms with Crippen LogP contribution in [0.4, 0.5) is 0 Å². The van der Waals surface area contributed by atoms with Crippen LogP contribution in [-0.4, -0.2) is 41.8 Å². The highest BCUT2D eigenvalue weighted by Crippen LogP contribution is 2.20. The van der Waals surface area contributed by atoms with E-state index >= 15 is 0 Å². The van der Waals surface area contributed by atoms with Crippen LogP contribution in [0.25, 0.3) is 0 Å². The second-order valence-electron chi connectivity index (χ2n) is 4.60. The van der Waals surface area contributed by atoms with Gasteiger partial charge in [0, 0.05) is 31.8 Å². The summed E-state index contributed by atoms with van der Waals surface area (Å²) in [5, 5.41) is 2.77. The summed E-state index contributed by atoms with van der Waals surface area (Å²) in [5.41, 5.74) is 5.28. The summed E-state index contributed by atoms with van der Waals surface area (Å²) in [6.07, 6.45) is 1.33. The van der Waals surface area contributed by atoms with Crippen LogP contribution in [0.5, 0.6) is 0 Å². The van der Waals surface area contributed by atoms with Crippen LogP contribution < -0.4 is 11.1 Å². The highest BCUT2D eigenvalue weighted by atomic mass is 16.2. The lowest BCUT2D eigenvalue weighted by Gasteiger charge is -2.24. The maximum atomic E-state index is 11.8. The van der Waals surface area contributed by atoms with Crippen LogP contribution in [0, 0.1) is 5.92 Å². The Morgan fingerprint density at radius 2 is 2.17 bits per heavy atom. The van der Waals surface area contributed by atoms with Gasteiger partial charge < -0.3 is 16.0 Å². The minimum Gasteiger partial charge on any atom is -0.368 e. The quantitative estimate of drug-likeness (QED) is 0.678. The van der Waals surface area contributed by atoms with E-state index in [9.17, 15) is 14.4 Å². The molecule has 0 saturated carbocycles. The van der Waals surface area contributed by atoms with Gasteiger partial charge in [0.05, 0.1) is 0 Å². The number of nitrogens with one attached hydrogen (secondary N) is 1. The smallest absolute Gasteiger partial charge is 0.240 e. The van der Waals surface area contributed by atoms with Crippen LogP contribution in [0.1, 0.15) is 33.1 Å². The molecule has 0 aromatic rings. The Hall–Kier alpha value is -1.59. The average Bonchev–Trinajstić information content (AvgIpc) is 2.68. The van der Waals surface area contributed by atoms with Crippen molar-refractivity contribution in [2.75, 3.05) is 13.1 Å². The van der Waals surface area contributed by atoms with Gasteiger partial charge in [0.2, 0.25) is 17.7 Å². The number of primary amides is 1. The molecule has 18 heavy (non-hydrogen) atoms. The summed E-state index contributed by atoms with van der Waals surface area (Å²) in [5.74, 6) is -0.482. The maximum absolute atomic E-state index is 11.8. The predicted octanol–water partition coefficient (Wildman–Crippen LogP) is -0.375. The molecular formula is C12H21N3O3. The van der Waals surface area contributed by atoms with Gasteiger partial charge in [0.15, 0.2) is 0 Å². The maximum Gasteiger partial charge on any atom is 0.240 e. The van der Waals surface area contributed by atoms with E-state index in [2.05, 4.69) is 5.32 Å². The van der Waals surface area contributed by atoms with Crippen molar-refractivity contribution >= 4 is 17.7 Å². The van der Waals surface area contributed by atoms with E-state index in [1.807, 2.05) is 6.92 Å². The Balaban J connectivity index is 2.53. The summed E-state index contributed by atoms with van der Waals surface area (Å²) in [6.45, 7) is 4.57. The van der Waals surface area contributed by atoms with Gasteiger partial charge in [0.1, 0.15) is 6.04 Å². The van der Waals surface area contributed by atoms with E-state index in [0.717, 1.165) is 0 Å². The van der Waals surface area contributed by atoms with E-state index in [1.165, 1.54) is 4.90 Å². The number of rotatable bonds is 6. The van der Waals surface area contributed by atoms with E-state index in [0.29, 0.717) is 32.4 Å². The predicted molar refractivity (Wildman–Crippen MR) is 66.4 cm³/mol. The minimum atomic E-state index is -0.524. The van der Waals surface area contributed by atoms with Crippen molar-refractivity contribution < 1.29 is 14.4 Å². The number of carbonyl (C=O) groups excluding carboxylic acids is 3. The fraction of sp³-hybridized carbons (Fsp3) is 0.750. The number of amides is 3. The van der Waals surface area contributed by atoms with Gasteiger partial charge in [-0.25, -0.2) is 0 Å². The third-order valence-electron chi connectivity index (χ3n) is 3.24. The van der Waals surface area contributed by atoms with Gasteiger partial charge in [-0.15, -0.1) is 0 Å². The lowest BCUT2D eigenvalue weighted by molar-refractivity contribution is -0.136. The second-order valence-corrected chi connectivity index (χ2v) is 4.60. The normalized spacial score (nSPS) is 20.9. The number of hydrogen-bond donors (Lipinski definition) is 2. The summed E-state index contributed by atoms with van der Waals surface area (Å²) in [7, 11) is 0. The molecule has 1 aliphatic heterocycles. The summed E-state index contributed by atoms with van der Waals surface area (Å²) in [4.78, 5) is 35.7. The lowest BCUT2D eigenvalue weighted by atomic mass is 10.1. The van der Waals surface area contributed by atoms with Crippen molar-refractivity contribution in [1.29, 1.82) is 0 Å². The fourth-order valence-corrected chi connectivity index (χ4v) is 2.20. The van der Waals surface area contributed by atoms with Gasteiger partial charge in [-0.1, -0.05) is 13.8 Å². The molecule has 0 bridgehead atoms. The highest BCUT2D eigenvalue weighted by Gasteiger charge is 2.35. The Kier molecular flexibility index (Phi) is 5.12. The van der Waals surface area contributed by atoms with Gasteiger partial charge in [-0.2, -0.15) is 0 Å². The molecule has 1 rings (SSSR count). The molecule has 1 aliphatic rings. The first-order valence-corrected chi connectivity index (χ1v) is 6.35. The second kappa shape index (κ2) is 6.37. The molecule has 6 heteroatoms. The van der Waals surface area contributed by atoms with Crippen molar-refractivity contribution in [2.45, 2.75) is 39.2 Å². The van der Waals surface area contributed by atoms with Crippen LogP contribution in [0.3, 0.4) is 0 Å². The number of hydrogen-bond acceptors (Lipinski definition) is 3. The van der Waals surface area contributed by atoms with Crippen LogP contribution in [-0.2, 0) is 14.4 Å². The monoisotopic (exact) mass is 255 g/mol. The molecule has 2 atom stereocenters. The average molecular weight is 255 g/mol. The Morgan fingerprint density at radius 3 is 2.67 bits per heavy atom. The van der Waals surface area contributed by atoms with E-state index < -0.39 is 11.9 Å². The molecule has 3 N–H and O–H groups in total. The fourth-order valence-electron chi connectivity index (χ4n) is 2.20. The number of nitrogens with zero attached hydrogens (tertiary/aromatic N) is 1. The van der Waals surface area contributed by atoms with E-state index in [4.69, 9.17) is 5.73 Å². The first-order chi connectivity index (χ1) is 8.49. The highest BCUT2D eigenvalue weighted by molar-refractivity contribution is 5.87. The number of nitrogens with two attached hydrogens (primary N) is 1. The summed E-state index contributed by atoms with van der Waals surface area (Å²) < 4.78 is 0. The lowest BCUT2D eigenvalue weighted by Crippen LogP contribution is -2.45. The molecule has 1 fully saturated rings. The SMILES string of the molecule is CCC(=O)NCC1CC(=O)N([C@H](CC)C(N)=O)C1. The standard InChI is InChI=1S/C12H21N3O3/c1-3-9(12(13)18)15-7-8(5-11(15)17)6-14-10(16)4-2/h8-9H,3-7H2,1-2H3,(H2,13,18)(H,14,16)/t8?,9-/m1/s1. The molecule has 0 spiro atoms. The molecule has 0 aromatic heterocycles. The molecule has 1 unspecified atom stereocenters. The molecular weight excluding hydrogens is 234 g/mol. The van der Waals surface area contributed by atoms with E-state index in [1.54, 1.807) is 6.92 Å². The first-order valence-electron chi connectivity index (χ1n) is 6.35. The molecule has 1 saturated heterocycles. The molecule has 0 aliphatic carbocycles. The van der Waals surface area contributed by atoms with Gasteiger partial charge >= 0.3 is 0 Å². The van der Waals surface area contributed by atoms with Gasteiger partial charge in [0.25, 0.3) is 0 Å². The Morgan fingerprint density at radius 1 is 1.50 bits per heavy atom. The van der Waals surface area contributed by atoms with Crippen molar-refractivity contribution in [2.24, 2.45) is 11.7 Å². The molecule has 102 valence electrons. The van der Waals surface area contributed by atoms with Crippen molar-refractivity contribution in [3.05, 3.63) is 0 Å². The van der Waals surface area contributed by atoms with Gasteiger partial charge in [-0.3, -0.25) is 14.4 Å². The molecule has 0 radical (unpaired) electrons. The molecule has 6 nitrogen and oxygen atoms in total. The third-order valence-corrected chi connectivity index (χ3v) is 3.24. The van der Waals surface area contributed by atoms with Crippen LogP contribution in [0.2, 0.25) is 0 Å². The third kappa shape index (κ3) is 3.45. The summed E-state index contributed by atoms with van der Waals surface area (Å²) in [6, 6.07) is -0.524. The van der Waals surface area contributed by atoms with E-state index in [-0.39, 0.29) is 17.7 Å². The van der Waals surface area contributed by atoms with Crippen molar-refractivity contribution in [3.63, 3.8) is 0 Å². The first kappa shape index (κ1) is 14.5. The largest absolute Gasteiger partial charge is 0.368 e. The molecule has 3 amide bonds. The minimum absolute atomic E-state index is 0.0251. The Labute approximate surface area is 107 Å². The van der Waals surface area contributed by atoms with Crippen molar-refractivity contribution in [3.8, 4) is 0 Å². The zero-order valence-corrected chi connectivity index (χ0v) is 10.9. The number of carbonyl (C=O) groups is 3. The zero-order valence-electron chi connectivity index (χ0n) is 10.9. The van der Waals surface area contributed by atoms with Crippen molar-refractivity contribution in [1.82, 2.24) is 10.2 Å². The van der Waals surface area contributed by atoms with Crippen LogP contribution >= 0.6 is 0 Å². The van der Waals surface area contributed by atoms with Crippen LogP contribution in [0.15, 0.2) is 0 Å². The Bertz CT molecular complexity index is 343. The zero-order chi connectivity index (χ0) is 13.7. The number of likely N-dealkylation sites (tertiary alicyclic amines) is 1. The topological polar surface area (TPSA) is 92.5 Å². The summed E-state index contributed by atoms with van der Waals surface area (Å²) >= 11 is 0. The molecule has 1 heterocycles.